The summed E-state index contributed by atoms with van der Waals surface area (Å²) in [6.45, 7) is 1.88. The molecule has 4 aromatic carbocycles. The summed E-state index contributed by atoms with van der Waals surface area (Å²) in [7, 11) is -10.1. The molecule has 0 unspecified atom stereocenters. The number of azo groups is 2. The van der Waals surface area contributed by atoms with Gasteiger partial charge in [0.2, 0.25) is 0 Å². The number of nitrogens with two attached hydrogens (primary N) is 1. The predicted molar refractivity (Wildman–Crippen MR) is 130 cm³/mol. The molecule has 0 bridgehead atoms. The standard InChI is InChI=1S/C23H19N5O6S2.2Na/c1-14-10-16(24)3-9-22(14)28-26-18-7-5-17(6-8-18)25-27-19-4-2-15-11-20(35(29,30)31)13-23(21(15)12-19)36(32,33)34;;/h2-13H,24H2,1H3,(H,29,30,31)(H,32,33,34);;/q;2*+1/p-2. The third-order valence-corrected chi connectivity index (χ3v) is 6.75. The van der Waals surface area contributed by atoms with Gasteiger partial charge in [-0.05, 0) is 84.6 Å². The van der Waals surface area contributed by atoms with Gasteiger partial charge < -0.3 is 14.8 Å². The first-order valence-electron chi connectivity index (χ1n) is 10.2. The SMILES string of the molecule is Cc1cc(N)ccc1N=Nc1ccc(N=Nc2ccc3cc(S(=O)(=O)[O-])cc(S(=O)(=O)[O-])c3c2)cc1.[Na+].[Na+]. The van der Waals surface area contributed by atoms with Crippen LogP contribution in [0, 0.1) is 6.92 Å². The van der Waals surface area contributed by atoms with Crippen LogP contribution in [0.1, 0.15) is 5.56 Å². The van der Waals surface area contributed by atoms with Crippen LogP contribution < -0.4 is 64.8 Å². The zero-order valence-electron chi connectivity index (χ0n) is 20.6. The minimum Gasteiger partial charge on any atom is -0.744 e. The molecular weight excluding hydrogens is 552 g/mol. The average molecular weight is 570 g/mol. The number of nitrogen functional groups attached to an aromatic ring is 1. The topological polar surface area (TPSA) is 190 Å². The van der Waals surface area contributed by atoms with Gasteiger partial charge in [0.25, 0.3) is 0 Å². The maximum absolute atomic E-state index is 11.7. The Morgan fingerprint density at radius 3 is 1.76 bits per heavy atom. The minimum atomic E-state index is -5.08. The summed E-state index contributed by atoms with van der Waals surface area (Å²) in [5.41, 5.74) is 9.18. The Morgan fingerprint density at radius 1 is 0.658 bits per heavy atom. The molecule has 0 fully saturated rings. The van der Waals surface area contributed by atoms with Crippen molar-refractivity contribution in [3.8, 4) is 0 Å². The van der Waals surface area contributed by atoms with E-state index < -0.39 is 30.0 Å². The first kappa shape index (κ1) is 32.2. The summed E-state index contributed by atoms with van der Waals surface area (Å²) < 4.78 is 69.1. The summed E-state index contributed by atoms with van der Waals surface area (Å²) in [5.74, 6) is 0. The minimum absolute atomic E-state index is 0. The number of anilines is 1. The van der Waals surface area contributed by atoms with Gasteiger partial charge in [-0.1, -0.05) is 6.07 Å². The number of benzene rings is 4. The summed E-state index contributed by atoms with van der Waals surface area (Å²) in [6, 6.07) is 17.5. The fourth-order valence-corrected chi connectivity index (χ4v) is 4.63. The van der Waals surface area contributed by atoms with E-state index in [9.17, 15) is 25.9 Å². The molecule has 4 aromatic rings. The van der Waals surface area contributed by atoms with Crippen LogP contribution in [0.5, 0.6) is 0 Å². The first-order valence-corrected chi connectivity index (χ1v) is 13.0. The quantitative estimate of drug-likeness (QED) is 0.138. The summed E-state index contributed by atoms with van der Waals surface area (Å²) >= 11 is 0. The molecule has 11 nitrogen and oxygen atoms in total. The Balaban J connectivity index is 0.00000253. The van der Waals surface area contributed by atoms with Crippen molar-refractivity contribution in [2.45, 2.75) is 16.7 Å². The molecule has 0 aliphatic carbocycles. The molecule has 4 rings (SSSR count). The number of hydrogen-bond donors (Lipinski definition) is 1. The number of aryl methyl sites for hydroxylation is 1. The number of nitrogens with zero attached hydrogens (tertiary/aromatic N) is 4. The molecule has 0 aliphatic rings. The molecule has 15 heteroatoms. The van der Waals surface area contributed by atoms with E-state index in [2.05, 4.69) is 20.5 Å². The van der Waals surface area contributed by atoms with Crippen molar-refractivity contribution >= 4 is 59.4 Å². The van der Waals surface area contributed by atoms with E-state index in [4.69, 9.17) is 5.73 Å². The van der Waals surface area contributed by atoms with Crippen molar-refractivity contribution in [1.82, 2.24) is 0 Å². The van der Waals surface area contributed by atoms with E-state index in [0.717, 1.165) is 11.6 Å². The molecule has 184 valence electrons. The molecule has 0 spiro atoms. The summed E-state index contributed by atoms with van der Waals surface area (Å²) in [5, 5.41) is 16.5. The Hall–Kier alpha value is -2.04. The van der Waals surface area contributed by atoms with Crippen LogP contribution >= 0.6 is 0 Å². The van der Waals surface area contributed by atoms with Crippen molar-refractivity contribution in [2.24, 2.45) is 20.5 Å². The smallest absolute Gasteiger partial charge is 0.744 e. The predicted octanol–water partition coefficient (Wildman–Crippen LogP) is -0.623. The van der Waals surface area contributed by atoms with Crippen molar-refractivity contribution < 1.29 is 85.1 Å². The third kappa shape index (κ3) is 7.99. The van der Waals surface area contributed by atoms with Gasteiger partial charge in [-0.25, -0.2) is 16.8 Å². The maximum atomic E-state index is 11.7. The fourth-order valence-electron chi connectivity index (χ4n) is 3.30. The molecular formula is C23H17N5Na2O6S2. The van der Waals surface area contributed by atoms with E-state index in [1.54, 1.807) is 42.5 Å². The van der Waals surface area contributed by atoms with Crippen LogP contribution in [-0.2, 0) is 20.2 Å². The van der Waals surface area contributed by atoms with Gasteiger partial charge >= 0.3 is 59.1 Å². The van der Waals surface area contributed by atoms with Crippen molar-refractivity contribution in [3.63, 3.8) is 0 Å². The molecule has 0 atom stereocenters. The third-order valence-electron chi connectivity index (χ3n) is 5.06. The van der Waals surface area contributed by atoms with Crippen LogP contribution in [0.2, 0.25) is 0 Å². The number of rotatable bonds is 6. The van der Waals surface area contributed by atoms with Gasteiger partial charge in [0.1, 0.15) is 20.2 Å². The molecule has 0 heterocycles. The summed E-state index contributed by atoms with van der Waals surface area (Å²) in [6.07, 6.45) is 0. The largest absolute Gasteiger partial charge is 1.00 e. The van der Waals surface area contributed by atoms with E-state index in [1.165, 1.54) is 18.2 Å². The van der Waals surface area contributed by atoms with Crippen molar-refractivity contribution in [1.29, 1.82) is 0 Å². The molecule has 38 heavy (non-hydrogen) atoms. The molecule has 0 aromatic heterocycles. The van der Waals surface area contributed by atoms with Crippen molar-refractivity contribution in [3.05, 3.63) is 78.4 Å². The van der Waals surface area contributed by atoms with Crippen LogP contribution in [0.15, 0.2) is 103 Å². The van der Waals surface area contributed by atoms with Gasteiger partial charge in [-0.15, -0.1) is 0 Å². The summed E-state index contributed by atoms with van der Waals surface area (Å²) in [4.78, 5) is -1.65. The van der Waals surface area contributed by atoms with Crippen LogP contribution in [0.4, 0.5) is 28.4 Å². The Morgan fingerprint density at radius 2 is 1.21 bits per heavy atom. The average Bonchev–Trinajstić information content (AvgIpc) is 2.81. The molecule has 0 amide bonds. The van der Waals surface area contributed by atoms with Gasteiger partial charge in [-0.2, -0.15) is 20.5 Å². The Labute approximate surface area is 263 Å². The van der Waals surface area contributed by atoms with Crippen LogP contribution in [0.3, 0.4) is 0 Å². The van der Waals surface area contributed by atoms with Crippen LogP contribution in [0.25, 0.3) is 10.8 Å². The van der Waals surface area contributed by atoms with Crippen molar-refractivity contribution in [2.75, 3.05) is 5.73 Å². The molecule has 2 N–H and O–H groups in total. The molecule has 0 saturated heterocycles. The normalized spacial score (nSPS) is 12.0. The second kappa shape index (κ2) is 12.9. The molecule has 0 saturated carbocycles. The fraction of sp³-hybridized carbons (Fsp3) is 0.0435. The van der Waals surface area contributed by atoms with Crippen LogP contribution in [-0.4, -0.2) is 25.9 Å². The van der Waals surface area contributed by atoms with Gasteiger partial charge in [-0.3, -0.25) is 0 Å². The van der Waals surface area contributed by atoms with E-state index in [1.807, 2.05) is 6.92 Å². The second-order valence-electron chi connectivity index (χ2n) is 7.70. The zero-order valence-corrected chi connectivity index (χ0v) is 26.2. The van der Waals surface area contributed by atoms with E-state index in [0.29, 0.717) is 28.8 Å². The number of fused-ring (bicyclic) bond motifs is 1. The maximum Gasteiger partial charge on any atom is 1.00 e. The Bertz CT molecular complexity index is 1760. The second-order valence-corrected chi connectivity index (χ2v) is 10.4. The Kier molecular flexibility index (Phi) is 10.9. The zero-order chi connectivity index (χ0) is 26.1. The van der Waals surface area contributed by atoms with Gasteiger partial charge in [0.15, 0.2) is 0 Å². The molecule has 0 aliphatic heterocycles. The monoisotopic (exact) mass is 569 g/mol. The van der Waals surface area contributed by atoms with E-state index >= 15 is 0 Å². The van der Waals surface area contributed by atoms with Gasteiger partial charge in [0.05, 0.1) is 32.5 Å². The molecule has 0 radical (unpaired) electrons. The van der Waals surface area contributed by atoms with Gasteiger partial charge in [0, 0.05) is 11.1 Å². The first-order chi connectivity index (χ1) is 16.9. The van der Waals surface area contributed by atoms with E-state index in [-0.39, 0.29) is 75.6 Å². The number of hydrogen-bond acceptors (Lipinski definition) is 11.